The molecule has 1 saturated carbocycles. The van der Waals surface area contributed by atoms with Gasteiger partial charge in [0.1, 0.15) is 0 Å². The maximum atomic E-state index is 9.51. The van der Waals surface area contributed by atoms with E-state index in [-0.39, 0.29) is 12.6 Å². The smallest absolute Gasteiger partial charge is 0.0951 e. The van der Waals surface area contributed by atoms with Crippen LogP contribution in [0.15, 0.2) is 42.9 Å². The molecule has 2 aromatic rings. The van der Waals surface area contributed by atoms with Crippen LogP contribution in [0.5, 0.6) is 0 Å². The third-order valence-corrected chi connectivity index (χ3v) is 3.60. The second kappa shape index (κ2) is 5.55. The zero-order valence-corrected chi connectivity index (χ0v) is 10.9. The first-order valence-electron chi connectivity index (χ1n) is 6.78. The zero-order chi connectivity index (χ0) is 13.1. The molecule has 1 aromatic carbocycles. The van der Waals surface area contributed by atoms with Gasteiger partial charge in [-0.15, -0.1) is 0 Å². The van der Waals surface area contributed by atoms with Crippen LogP contribution in [-0.2, 0) is 6.54 Å². The van der Waals surface area contributed by atoms with Crippen molar-refractivity contribution in [3.63, 3.8) is 0 Å². The standard InChI is InChI=1S/C15H19N3O/c19-10-15(12-4-2-1-3-5-12)17-9-14-8-16-11-18(14)13-6-7-13/h1-5,8,11,13,15,17,19H,6-7,9-10H2. The average molecular weight is 257 g/mol. The summed E-state index contributed by atoms with van der Waals surface area (Å²) >= 11 is 0. The monoisotopic (exact) mass is 257 g/mol. The predicted molar refractivity (Wildman–Crippen MR) is 73.6 cm³/mol. The number of nitrogens with one attached hydrogen (secondary N) is 1. The van der Waals surface area contributed by atoms with Crippen LogP contribution in [0.4, 0.5) is 0 Å². The van der Waals surface area contributed by atoms with Gasteiger partial charge in [0.15, 0.2) is 0 Å². The molecule has 0 bridgehead atoms. The topological polar surface area (TPSA) is 50.1 Å². The Kier molecular flexibility index (Phi) is 3.62. The number of hydrogen-bond acceptors (Lipinski definition) is 3. The summed E-state index contributed by atoms with van der Waals surface area (Å²) in [5.74, 6) is 0. The highest BCUT2D eigenvalue weighted by Gasteiger charge is 2.25. The molecule has 1 aliphatic rings. The lowest BCUT2D eigenvalue weighted by molar-refractivity contribution is 0.243. The number of imidazole rings is 1. The molecule has 19 heavy (non-hydrogen) atoms. The summed E-state index contributed by atoms with van der Waals surface area (Å²) in [7, 11) is 0. The Morgan fingerprint density at radius 1 is 1.32 bits per heavy atom. The highest BCUT2D eigenvalue weighted by atomic mass is 16.3. The predicted octanol–water partition coefficient (Wildman–Crippen LogP) is 2.04. The summed E-state index contributed by atoms with van der Waals surface area (Å²) < 4.78 is 2.24. The average Bonchev–Trinajstić information content (AvgIpc) is 3.20. The molecule has 1 unspecified atom stereocenters. The van der Waals surface area contributed by atoms with Crippen molar-refractivity contribution in [3.8, 4) is 0 Å². The van der Waals surface area contributed by atoms with Gasteiger partial charge >= 0.3 is 0 Å². The summed E-state index contributed by atoms with van der Waals surface area (Å²) in [4.78, 5) is 4.22. The van der Waals surface area contributed by atoms with Gasteiger partial charge in [0.05, 0.1) is 24.7 Å². The second-order valence-electron chi connectivity index (χ2n) is 5.05. The summed E-state index contributed by atoms with van der Waals surface area (Å²) in [6.07, 6.45) is 6.33. The maximum absolute atomic E-state index is 9.51. The maximum Gasteiger partial charge on any atom is 0.0951 e. The van der Waals surface area contributed by atoms with E-state index in [4.69, 9.17) is 0 Å². The third kappa shape index (κ3) is 2.85. The minimum absolute atomic E-state index is 0.0243. The Labute approximate surface area is 113 Å². The van der Waals surface area contributed by atoms with Crippen molar-refractivity contribution in [1.82, 2.24) is 14.9 Å². The number of nitrogens with zero attached hydrogens (tertiary/aromatic N) is 2. The molecular formula is C15H19N3O. The SMILES string of the molecule is OCC(NCc1cncn1C1CC1)c1ccccc1. The molecule has 0 saturated heterocycles. The Bertz CT molecular complexity index is 519. The molecule has 4 heteroatoms. The first-order valence-corrected chi connectivity index (χ1v) is 6.78. The summed E-state index contributed by atoms with van der Waals surface area (Å²) in [6, 6.07) is 10.7. The first-order chi connectivity index (χ1) is 9.38. The van der Waals surface area contributed by atoms with Gasteiger partial charge in [-0.25, -0.2) is 4.98 Å². The van der Waals surface area contributed by atoms with Gasteiger partial charge in [0, 0.05) is 18.8 Å². The molecule has 0 spiro atoms. The molecule has 1 heterocycles. The molecule has 4 nitrogen and oxygen atoms in total. The van der Waals surface area contributed by atoms with Crippen LogP contribution >= 0.6 is 0 Å². The summed E-state index contributed by atoms with van der Waals surface area (Å²) in [5.41, 5.74) is 2.30. The normalized spacial score (nSPS) is 16.5. The fourth-order valence-corrected chi connectivity index (χ4v) is 2.35. The van der Waals surface area contributed by atoms with E-state index in [9.17, 15) is 5.11 Å². The van der Waals surface area contributed by atoms with Crippen LogP contribution in [0.3, 0.4) is 0 Å². The largest absolute Gasteiger partial charge is 0.394 e. The van der Waals surface area contributed by atoms with Crippen molar-refractivity contribution < 1.29 is 5.11 Å². The van der Waals surface area contributed by atoms with E-state index >= 15 is 0 Å². The van der Waals surface area contributed by atoms with Gasteiger partial charge in [-0.3, -0.25) is 0 Å². The van der Waals surface area contributed by atoms with Crippen molar-refractivity contribution in [2.24, 2.45) is 0 Å². The number of aliphatic hydroxyl groups excluding tert-OH is 1. The second-order valence-corrected chi connectivity index (χ2v) is 5.05. The van der Waals surface area contributed by atoms with Crippen LogP contribution in [0.1, 0.15) is 36.2 Å². The minimum Gasteiger partial charge on any atom is -0.394 e. The van der Waals surface area contributed by atoms with Crippen molar-refractivity contribution in [3.05, 3.63) is 54.1 Å². The van der Waals surface area contributed by atoms with E-state index in [0.29, 0.717) is 6.04 Å². The highest BCUT2D eigenvalue weighted by Crippen LogP contribution is 2.35. The fraction of sp³-hybridized carbons (Fsp3) is 0.400. The number of hydrogen-bond donors (Lipinski definition) is 2. The summed E-state index contributed by atoms with van der Waals surface area (Å²) in [5, 5.41) is 12.9. The van der Waals surface area contributed by atoms with Crippen LogP contribution in [0.25, 0.3) is 0 Å². The summed E-state index contributed by atoms with van der Waals surface area (Å²) in [6.45, 7) is 0.832. The van der Waals surface area contributed by atoms with Crippen LogP contribution in [0, 0.1) is 0 Å². The van der Waals surface area contributed by atoms with Gasteiger partial charge in [0.25, 0.3) is 0 Å². The van der Waals surface area contributed by atoms with Crippen LogP contribution in [0.2, 0.25) is 0 Å². The zero-order valence-electron chi connectivity index (χ0n) is 10.9. The van der Waals surface area contributed by atoms with Gasteiger partial charge in [-0.1, -0.05) is 30.3 Å². The molecule has 1 fully saturated rings. The van der Waals surface area contributed by atoms with E-state index in [0.717, 1.165) is 12.1 Å². The molecule has 100 valence electrons. The highest BCUT2D eigenvalue weighted by molar-refractivity contribution is 5.19. The van der Waals surface area contributed by atoms with Crippen molar-refractivity contribution in [2.75, 3.05) is 6.61 Å². The van der Waals surface area contributed by atoms with Crippen molar-refractivity contribution in [1.29, 1.82) is 0 Å². The van der Waals surface area contributed by atoms with E-state index in [1.165, 1.54) is 18.5 Å². The molecule has 1 atom stereocenters. The molecule has 0 amide bonds. The first kappa shape index (κ1) is 12.4. The molecule has 0 radical (unpaired) electrons. The Balaban J connectivity index is 1.65. The molecule has 1 aromatic heterocycles. The Morgan fingerprint density at radius 2 is 2.11 bits per heavy atom. The fourth-order valence-electron chi connectivity index (χ4n) is 2.35. The number of rotatable bonds is 6. The van der Waals surface area contributed by atoms with E-state index in [1.54, 1.807) is 0 Å². The lowest BCUT2D eigenvalue weighted by Crippen LogP contribution is -2.25. The minimum atomic E-state index is -0.0243. The molecular weight excluding hydrogens is 238 g/mol. The number of benzene rings is 1. The lowest BCUT2D eigenvalue weighted by Gasteiger charge is -2.17. The number of aliphatic hydroxyl groups is 1. The Morgan fingerprint density at radius 3 is 2.79 bits per heavy atom. The molecule has 2 N–H and O–H groups in total. The van der Waals surface area contributed by atoms with Gasteiger partial charge in [0.2, 0.25) is 0 Å². The third-order valence-electron chi connectivity index (χ3n) is 3.60. The number of aromatic nitrogens is 2. The molecule has 1 aliphatic carbocycles. The van der Waals surface area contributed by atoms with Crippen molar-refractivity contribution >= 4 is 0 Å². The van der Waals surface area contributed by atoms with Gasteiger partial charge in [-0.2, -0.15) is 0 Å². The molecule has 0 aliphatic heterocycles. The lowest BCUT2D eigenvalue weighted by atomic mass is 10.1. The van der Waals surface area contributed by atoms with Gasteiger partial charge < -0.3 is 15.0 Å². The van der Waals surface area contributed by atoms with E-state index in [1.807, 2.05) is 42.9 Å². The van der Waals surface area contributed by atoms with Crippen LogP contribution < -0.4 is 5.32 Å². The molecule has 3 rings (SSSR count). The quantitative estimate of drug-likeness (QED) is 0.832. The Hall–Kier alpha value is -1.65. The van der Waals surface area contributed by atoms with Crippen molar-refractivity contribution in [2.45, 2.75) is 31.5 Å². The van der Waals surface area contributed by atoms with Gasteiger partial charge in [-0.05, 0) is 18.4 Å². The van der Waals surface area contributed by atoms with Crippen LogP contribution in [-0.4, -0.2) is 21.3 Å². The van der Waals surface area contributed by atoms with E-state index < -0.39 is 0 Å². The van der Waals surface area contributed by atoms with E-state index in [2.05, 4.69) is 14.9 Å².